The van der Waals surface area contributed by atoms with Gasteiger partial charge >= 0.3 is 0 Å². The summed E-state index contributed by atoms with van der Waals surface area (Å²) >= 11 is 0. The minimum atomic E-state index is -0.641. The molecule has 1 unspecified atom stereocenters. The van der Waals surface area contributed by atoms with E-state index in [1.165, 1.54) is 0 Å². The van der Waals surface area contributed by atoms with Crippen molar-refractivity contribution in [2.75, 3.05) is 7.11 Å². The highest BCUT2D eigenvalue weighted by Gasteiger charge is 2.21. The summed E-state index contributed by atoms with van der Waals surface area (Å²) in [6.45, 7) is 1.87. The van der Waals surface area contributed by atoms with Gasteiger partial charge in [-0.25, -0.2) is 4.68 Å². The number of aromatic nitrogens is 3. The summed E-state index contributed by atoms with van der Waals surface area (Å²) < 4.78 is 6.92. The second kappa shape index (κ2) is 5.18. The third-order valence-electron chi connectivity index (χ3n) is 2.89. The van der Waals surface area contributed by atoms with Crippen molar-refractivity contribution >= 4 is 0 Å². The molecule has 18 heavy (non-hydrogen) atoms. The lowest BCUT2D eigenvalue weighted by Crippen LogP contribution is -2.05. The van der Waals surface area contributed by atoms with E-state index in [9.17, 15) is 5.11 Å². The molecule has 0 aromatic carbocycles. The number of rotatable bonds is 4. The summed E-state index contributed by atoms with van der Waals surface area (Å²) in [4.78, 5) is 4.04. The molecule has 0 saturated heterocycles. The molecule has 0 aliphatic heterocycles. The quantitative estimate of drug-likeness (QED) is 0.887. The number of aliphatic hydroxyl groups excluding tert-OH is 1. The van der Waals surface area contributed by atoms with Gasteiger partial charge in [-0.1, -0.05) is 6.07 Å². The highest BCUT2D eigenvalue weighted by atomic mass is 16.5. The van der Waals surface area contributed by atoms with Gasteiger partial charge in [-0.3, -0.25) is 4.98 Å². The molecule has 96 valence electrons. The lowest BCUT2D eigenvalue weighted by atomic mass is 10.0. The highest BCUT2D eigenvalue weighted by Crippen LogP contribution is 2.29. The number of aryl methyl sites for hydroxylation is 2. The van der Waals surface area contributed by atoms with Gasteiger partial charge in [0.25, 0.3) is 0 Å². The van der Waals surface area contributed by atoms with E-state index in [0.717, 1.165) is 16.8 Å². The Morgan fingerprint density at radius 3 is 2.89 bits per heavy atom. The van der Waals surface area contributed by atoms with Gasteiger partial charge < -0.3 is 9.84 Å². The maximum atomic E-state index is 10.3. The van der Waals surface area contributed by atoms with Gasteiger partial charge in [-0.05, 0) is 18.6 Å². The molecule has 0 radical (unpaired) electrons. The Kier molecular flexibility index (Phi) is 3.62. The summed E-state index contributed by atoms with van der Waals surface area (Å²) in [5, 5.41) is 14.6. The maximum absolute atomic E-state index is 10.3. The fourth-order valence-corrected chi connectivity index (χ4v) is 2.12. The molecular formula is C13H17N3O2. The molecule has 0 aliphatic carbocycles. The van der Waals surface area contributed by atoms with Crippen LogP contribution in [0.1, 0.15) is 22.9 Å². The summed E-state index contributed by atoms with van der Waals surface area (Å²) in [6.07, 6.45) is 3.32. The van der Waals surface area contributed by atoms with Crippen LogP contribution in [0.4, 0.5) is 0 Å². The average molecular weight is 247 g/mol. The van der Waals surface area contributed by atoms with Crippen molar-refractivity contribution in [3.8, 4) is 5.88 Å². The smallest absolute Gasteiger partial charge is 0.217 e. The lowest BCUT2D eigenvalue weighted by Gasteiger charge is -2.12. The van der Waals surface area contributed by atoms with Crippen LogP contribution in [0.25, 0.3) is 0 Å². The van der Waals surface area contributed by atoms with Crippen molar-refractivity contribution in [1.29, 1.82) is 0 Å². The molecule has 2 heterocycles. The number of aliphatic hydroxyl groups is 1. The zero-order valence-corrected chi connectivity index (χ0v) is 10.8. The van der Waals surface area contributed by atoms with Crippen LogP contribution in [0.2, 0.25) is 0 Å². The first-order chi connectivity index (χ1) is 8.63. The van der Waals surface area contributed by atoms with E-state index in [1.807, 2.05) is 19.1 Å². The van der Waals surface area contributed by atoms with Crippen LogP contribution < -0.4 is 4.74 Å². The maximum Gasteiger partial charge on any atom is 0.217 e. The van der Waals surface area contributed by atoms with E-state index >= 15 is 0 Å². The van der Waals surface area contributed by atoms with Crippen molar-refractivity contribution in [2.45, 2.75) is 19.4 Å². The minimum Gasteiger partial charge on any atom is -0.481 e. The summed E-state index contributed by atoms with van der Waals surface area (Å²) in [5.41, 5.74) is 2.50. The van der Waals surface area contributed by atoms with Crippen LogP contribution in [-0.2, 0) is 13.5 Å². The predicted octanol–water partition coefficient (Wildman–Crippen LogP) is 1.41. The Hall–Kier alpha value is -1.88. The van der Waals surface area contributed by atoms with Crippen molar-refractivity contribution in [2.24, 2.45) is 7.05 Å². The van der Waals surface area contributed by atoms with Gasteiger partial charge in [-0.15, -0.1) is 0 Å². The average Bonchev–Trinajstić information content (AvgIpc) is 2.64. The third kappa shape index (κ3) is 2.36. The van der Waals surface area contributed by atoms with Crippen LogP contribution in [0.15, 0.2) is 24.5 Å². The number of hydrogen-bond donors (Lipinski definition) is 1. The first-order valence-corrected chi connectivity index (χ1v) is 5.78. The summed E-state index contributed by atoms with van der Waals surface area (Å²) in [5.74, 6) is 0.601. The Morgan fingerprint density at radius 2 is 2.28 bits per heavy atom. The van der Waals surface area contributed by atoms with Gasteiger partial charge in [0, 0.05) is 25.9 Å². The minimum absolute atomic E-state index is 0.497. The molecule has 2 aromatic heterocycles. The third-order valence-corrected chi connectivity index (χ3v) is 2.89. The Labute approximate surface area is 106 Å². The van der Waals surface area contributed by atoms with Crippen LogP contribution in [0.5, 0.6) is 5.88 Å². The predicted molar refractivity (Wildman–Crippen MR) is 67.4 cm³/mol. The molecule has 0 aliphatic rings. The molecule has 2 rings (SSSR count). The molecule has 5 heteroatoms. The first kappa shape index (κ1) is 12.6. The Morgan fingerprint density at radius 1 is 1.50 bits per heavy atom. The van der Waals surface area contributed by atoms with E-state index in [0.29, 0.717) is 12.3 Å². The van der Waals surface area contributed by atoms with Gasteiger partial charge in [-0.2, -0.15) is 5.10 Å². The molecule has 5 nitrogen and oxygen atoms in total. The van der Waals surface area contributed by atoms with E-state index in [4.69, 9.17) is 4.74 Å². The van der Waals surface area contributed by atoms with Crippen LogP contribution >= 0.6 is 0 Å². The van der Waals surface area contributed by atoms with Crippen molar-refractivity contribution in [3.05, 3.63) is 41.3 Å². The van der Waals surface area contributed by atoms with E-state index in [-0.39, 0.29) is 0 Å². The molecule has 0 bridgehead atoms. The number of ether oxygens (including phenoxy) is 1. The monoisotopic (exact) mass is 247 g/mol. The van der Waals surface area contributed by atoms with E-state index in [2.05, 4.69) is 10.1 Å². The van der Waals surface area contributed by atoms with Crippen LogP contribution in [0.3, 0.4) is 0 Å². The Bertz CT molecular complexity index is 523. The topological polar surface area (TPSA) is 60.2 Å². The molecule has 0 amide bonds. The van der Waals surface area contributed by atoms with E-state index < -0.39 is 6.10 Å². The molecule has 0 fully saturated rings. The van der Waals surface area contributed by atoms with E-state index in [1.54, 1.807) is 31.2 Å². The SMILES string of the molecule is COc1c(C(O)Cc2cccnc2)c(C)nn1C. The fraction of sp³-hybridized carbons (Fsp3) is 0.385. The Balaban J connectivity index is 2.26. The number of nitrogens with zero attached hydrogens (tertiary/aromatic N) is 3. The number of hydrogen-bond acceptors (Lipinski definition) is 4. The zero-order chi connectivity index (χ0) is 13.1. The molecule has 1 atom stereocenters. The molecule has 1 N–H and O–H groups in total. The zero-order valence-electron chi connectivity index (χ0n) is 10.8. The largest absolute Gasteiger partial charge is 0.481 e. The molecule has 0 spiro atoms. The number of pyridine rings is 1. The summed E-state index contributed by atoms with van der Waals surface area (Å²) in [6, 6.07) is 3.80. The standard InChI is InChI=1S/C13H17N3O2/c1-9-12(13(18-3)16(2)15-9)11(17)7-10-5-4-6-14-8-10/h4-6,8,11,17H,7H2,1-3H3. The number of methoxy groups -OCH3 is 1. The second-order valence-electron chi connectivity index (χ2n) is 4.21. The normalized spacial score (nSPS) is 12.4. The van der Waals surface area contributed by atoms with Gasteiger partial charge in [0.15, 0.2) is 0 Å². The van der Waals surface area contributed by atoms with Crippen molar-refractivity contribution in [1.82, 2.24) is 14.8 Å². The molecule has 2 aromatic rings. The van der Waals surface area contributed by atoms with Crippen LogP contribution in [0, 0.1) is 6.92 Å². The fourth-order valence-electron chi connectivity index (χ4n) is 2.12. The lowest BCUT2D eigenvalue weighted by molar-refractivity contribution is 0.172. The van der Waals surface area contributed by atoms with Crippen molar-refractivity contribution in [3.63, 3.8) is 0 Å². The van der Waals surface area contributed by atoms with Gasteiger partial charge in [0.05, 0.1) is 24.5 Å². The summed E-state index contributed by atoms with van der Waals surface area (Å²) in [7, 11) is 3.38. The highest BCUT2D eigenvalue weighted by molar-refractivity contribution is 5.34. The molecule has 0 saturated carbocycles. The van der Waals surface area contributed by atoms with Gasteiger partial charge in [0.2, 0.25) is 5.88 Å². The van der Waals surface area contributed by atoms with Gasteiger partial charge in [0.1, 0.15) is 0 Å². The van der Waals surface area contributed by atoms with Crippen molar-refractivity contribution < 1.29 is 9.84 Å². The molecular weight excluding hydrogens is 230 g/mol. The second-order valence-corrected chi connectivity index (χ2v) is 4.21. The van der Waals surface area contributed by atoms with Crippen LogP contribution in [-0.4, -0.2) is 27.0 Å². The first-order valence-electron chi connectivity index (χ1n) is 5.78.